The first-order valence-corrected chi connectivity index (χ1v) is 12.9. The number of methoxy groups -OCH3 is 1. The normalized spacial score (nSPS) is 21.3. The Kier molecular flexibility index (Phi) is 8.57. The molecule has 0 unspecified atom stereocenters. The molecule has 3 aromatic rings. The van der Waals surface area contributed by atoms with E-state index in [2.05, 4.69) is 22.5 Å². The first-order valence-electron chi connectivity index (χ1n) is 11.7. The smallest absolute Gasteiger partial charge is 0.341 e. The first-order chi connectivity index (χ1) is 17.7. The van der Waals surface area contributed by atoms with Gasteiger partial charge in [0.15, 0.2) is 18.1 Å². The molecule has 4 atom stereocenters. The third kappa shape index (κ3) is 6.17. The van der Waals surface area contributed by atoms with Crippen LogP contribution in [0, 0.1) is 11.7 Å². The Hall–Kier alpha value is -2.87. The molecule has 1 aliphatic rings. The third-order valence-corrected chi connectivity index (χ3v) is 7.26. The zero-order valence-corrected chi connectivity index (χ0v) is 22.8. The molecule has 5 nitrogen and oxygen atoms in total. The summed E-state index contributed by atoms with van der Waals surface area (Å²) in [5, 5.41) is 9.89. The van der Waals surface area contributed by atoms with Gasteiger partial charge in [0.2, 0.25) is 0 Å². The van der Waals surface area contributed by atoms with E-state index in [1.807, 2.05) is 43.3 Å². The summed E-state index contributed by atoms with van der Waals surface area (Å²) in [6, 6.07) is 17.5. The summed E-state index contributed by atoms with van der Waals surface area (Å²) >= 11 is 9.68. The predicted octanol–water partition coefficient (Wildman–Crippen LogP) is 7.89. The maximum Gasteiger partial charge on any atom is 0.341 e. The van der Waals surface area contributed by atoms with Gasteiger partial charge in [-0.2, -0.15) is 0 Å². The maximum atomic E-state index is 14.3. The lowest BCUT2D eigenvalue weighted by molar-refractivity contribution is -0.139. The number of rotatable bonds is 8. The zero-order chi connectivity index (χ0) is 26.7. The minimum Gasteiger partial charge on any atom is -0.493 e. The van der Waals surface area contributed by atoms with E-state index < -0.39 is 24.8 Å². The molecule has 194 valence electrons. The number of carboxylic acid groups (broad SMARTS) is 1. The van der Waals surface area contributed by atoms with Crippen LogP contribution in [0.4, 0.5) is 4.39 Å². The highest BCUT2D eigenvalue weighted by Gasteiger charge is 2.42. The van der Waals surface area contributed by atoms with Crippen LogP contribution >= 0.6 is 27.5 Å². The van der Waals surface area contributed by atoms with Crippen LogP contribution in [0.2, 0.25) is 5.02 Å². The molecule has 3 aromatic carbocycles. The monoisotopic (exact) mass is 588 g/mol. The van der Waals surface area contributed by atoms with Crippen LogP contribution in [0.1, 0.15) is 48.2 Å². The van der Waals surface area contributed by atoms with Crippen molar-refractivity contribution in [3.05, 3.63) is 105 Å². The number of aliphatic carboxylic acids is 1. The lowest BCUT2D eigenvalue weighted by Gasteiger charge is -2.43. The number of halogens is 3. The second-order valence-electron chi connectivity index (χ2n) is 9.09. The summed E-state index contributed by atoms with van der Waals surface area (Å²) in [5.41, 5.74) is 3.22. The molecule has 0 aliphatic carbocycles. The molecule has 1 heterocycles. The van der Waals surface area contributed by atoms with Gasteiger partial charge in [-0.25, -0.2) is 9.18 Å². The Morgan fingerprint density at radius 1 is 1.16 bits per heavy atom. The number of carboxylic acids is 1. The standard InChI is InChI=1S/C29H27BrClFO5/c1-16(2)22-14-23(17-7-9-20(31)10-8-17)27(18-5-4-6-21(32)11-18)37-28(22)24-12-19(30)13-25(35-3)29(24)36-15-26(33)34/h4-13,22-23,27-28H,1,14-15H2,2-3H3,(H,33,34)/t22-,23-,27+,28+/m1/s1. The fourth-order valence-electron chi connectivity index (χ4n) is 4.87. The number of carbonyl (C=O) groups is 1. The van der Waals surface area contributed by atoms with Crippen molar-refractivity contribution < 1.29 is 28.5 Å². The summed E-state index contributed by atoms with van der Waals surface area (Å²) in [6.45, 7) is 5.63. The highest BCUT2D eigenvalue weighted by Crippen LogP contribution is 2.54. The van der Waals surface area contributed by atoms with Crippen molar-refractivity contribution in [2.75, 3.05) is 13.7 Å². The van der Waals surface area contributed by atoms with Gasteiger partial charge in [-0.3, -0.25) is 0 Å². The topological polar surface area (TPSA) is 65.0 Å². The van der Waals surface area contributed by atoms with E-state index in [1.54, 1.807) is 12.1 Å². The summed E-state index contributed by atoms with van der Waals surface area (Å²) in [6.07, 6.45) is -0.421. The van der Waals surface area contributed by atoms with Crippen molar-refractivity contribution in [1.29, 1.82) is 0 Å². The summed E-state index contributed by atoms with van der Waals surface area (Å²) in [5.74, 6) is -1.09. The van der Waals surface area contributed by atoms with E-state index in [1.165, 1.54) is 19.2 Å². The average molecular weight is 590 g/mol. The Labute approximate surface area is 228 Å². The summed E-state index contributed by atoms with van der Waals surface area (Å²) in [7, 11) is 1.49. The highest BCUT2D eigenvalue weighted by molar-refractivity contribution is 9.10. The van der Waals surface area contributed by atoms with E-state index in [9.17, 15) is 14.3 Å². The van der Waals surface area contributed by atoms with Crippen LogP contribution in [-0.2, 0) is 9.53 Å². The summed E-state index contributed by atoms with van der Waals surface area (Å²) < 4.78 is 33.1. The molecule has 1 N–H and O–H groups in total. The van der Waals surface area contributed by atoms with Crippen molar-refractivity contribution >= 4 is 33.5 Å². The van der Waals surface area contributed by atoms with Crippen molar-refractivity contribution in [3.63, 3.8) is 0 Å². The second kappa shape index (κ2) is 11.7. The van der Waals surface area contributed by atoms with Crippen LogP contribution in [0.3, 0.4) is 0 Å². The fraction of sp³-hybridized carbons (Fsp3) is 0.276. The lowest BCUT2D eigenvalue weighted by atomic mass is 9.74. The Bertz CT molecular complexity index is 1300. The fourth-order valence-corrected chi connectivity index (χ4v) is 5.45. The maximum absolute atomic E-state index is 14.3. The molecule has 4 rings (SSSR count). The molecule has 0 aromatic heterocycles. The molecule has 1 fully saturated rings. The summed E-state index contributed by atoms with van der Waals surface area (Å²) in [4.78, 5) is 11.3. The van der Waals surface area contributed by atoms with E-state index in [0.717, 1.165) is 11.1 Å². The lowest BCUT2D eigenvalue weighted by Crippen LogP contribution is -2.32. The van der Waals surface area contributed by atoms with Crippen LogP contribution in [0.15, 0.2) is 77.3 Å². The number of ether oxygens (including phenoxy) is 3. The zero-order valence-electron chi connectivity index (χ0n) is 20.4. The van der Waals surface area contributed by atoms with Crippen LogP contribution in [0.25, 0.3) is 0 Å². The minimum atomic E-state index is -1.11. The van der Waals surface area contributed by atoms with E-state index in [-0.39, 0.29) is 23.4 Å². The number of hydrogen-bond donors (Lipinski definition) is 1. The van der Waals surface area contributed by atoms with Gasteiger partial charge in [-0.1, -0.05) is 63.9 Å². The molecule has 0 spiro atoms. The molecule has 1 aliphatic heterocycles. The van der Waals surface area contributed by atoms with Gasteiger partial charge >= 0.3 is 5.97 Å². The third-order valence-electron chi connectivity index (χ3n) is 6.56. The number of benzene rings is 3. The Morgan fingerprint density at radius 3 is 2.51 bits per heavy atom. The first kappa shape index (κ1) is 27.2. The van der Waals surface area contributed by atoms with Crippen LogP contribution < -0.4 is 9.47 Å². The molecule has 0 radical (unpaired) electrons. The van der Waals surface area contributed by atoms with Crippen molar-refractivity contribution in [2.45, 2.75) is 31.5 Å². The van der Waals surface area contributed by atoms with Crippen LogP contribution in [0.5, 0.6) is 11.5 Å². The van der Waals surface area contributed by atoms with Crippen LogP contribution in [-0.4, -0.2) is 24.8 Å². The van der Waals surface area contributed by atoms with Gasteiger partial charge in [0.25, 0.3) is 0 Å². The quantitative estimate of drug-likeness (QED) is 0.271. The van der Waals surface area contributed by atoms with Crippen molar-refractivity contribution in [1.82, 2.24) is 0 Å². The van der Waals surface area contributed by atoms with Gasteiger partial charge < -0.3 is 19.3 Å². The molecular formula is C29H27BrClFO5. The number of hydrogen-bond acceptors (Lipinski definition) is 4. The SMILES string of the molecule is C=C(C)[C@H]1C[C@H](c2ccc(Cl)cc2)[C@H](c2cccc(F)c2)O[C@@H]1c1cc(Br)cc(OC)c1OCC(=O)O. The average Bonchev–Trinajstić information content (AvgIpc) is 2.87. The van der Waals surface area contributed by atoms with Gasteiger partial charge in [0, 0.05) is 26.9 Å². The highest BCUT2D eigenvalue weighted by atomic mass is 79.9. The Balaban J connectivity index is 1.86. The Morgan fingerprint density at radius 2 is 1.89 bits per heavy atom. The molecule has 1 saturated heterocycles. The second-order valence-corrected chi connectivity index (χ2v) is 10.4. The van der Waals surface area contributed by atoms with Gasteiger partial charge in [0.1, 0.15) is 5.82 Å². The van der Waals surface area contributed by atoms with Gasteiger partial charge in [-0.05, 0) is 60.9 Å². The van der Waals surface area contributed by atoms with Crippen molar-refractivity contribution in [2.24, 2.45) is 5.92 Å². The molecule has 0 saturated carbocycles. The predicted molar refractivity (Wildman–Crippen MR) is 144 cm³/mol. The van der Waals surface area contributed by atoms with E-state index in [4.69, 9.17) is 25.8 Å². The largest absolute Gasteiger partial charge is 0.493 e. The van der Waals surface area contributed by atoms with Gasteiger partial charge in [-0.15, -0.1) is 0 Å². The molecule has 0 amide bonds. The van der Waals surface area contributed by atoms with Crippen molar-refractivity contribution in [3.8, 4) is 11.5 Å². The minimum absolute atomic E-state index is 0.116. The van der Waals surface area contributed by atoms with Gasteiger partial charge in [0.05, 0.1) is 19.3 Å². The molecule has 8 heteroatoms. The molecular weight excluding hydrogens is 563 g/mol. The molecule has 37 heavy (non-hydrogen) atoms. The van der Waals surface area contributed by atoms with E-state index in [0.29, 0.717) is 32.8 Å². The molecule has 0 bridgehead atoms. The van der Waals surface area contributed by atoms with E-state index >= 15 is 0 Å².